The van der Waals surface area contributed by atoms with Gasteiger partial charge in [-0.3, -0.25) is 10.1 Å². The van der Waals surface area contributed by atoms with Gasteiger partial charge in [0, 0.05) is 25.3 Å². The van der Waals surface area contributed by atoms with Gasteiger partial charge in [0.25, 0.3) is 5.69 Å². The number of hydrogen-bond acceptors (Lipinski definition) is 4. The van der Waals surface area contributed by atoms with Crippen molar-refractivity contribution in [2.24, 2.45) is 0 Å². The molecule has 1 aromatic rings. The van der Waals surface area contributed by atoms with Crippen LogP contribution < -0.4 is 10.6 Å². The zero-order valence-corrected chi connectivity index (χ0v) is 8.54. The maximum absolute atomic E-state index is 10.8. The van der Waals surface area contributed by atoms with Gasteiger partial charge in [0.05, 0.1) is 4.92 Å². The van der Waals surface area contributed by atoms with E-state index >= 15 is 0 Å². The number of nitrogens with zero attached hydrogens (tertiary/aromatic N) is 1. The van der Waals surface area contributed by atoms with Crippen LogP contribution in [0.2, 0.25) is 0 Å². The Morgan fingerprint density at radius 1 is 1.53 bits per heavy atom. The predicted octanol–water partition coefficient (Wildman–Crippen LogP) is 1.99. The quantitative estimate of drug-likeness (QED) is 0.575. The lowest BCUT2D eigenvalue weighted by atomic mass is 10.0. The van der Waals surface area contributed by atoms with Crippen LogP contribution >= 0.6 is 0 Å². The Morgan fingerprint density at radius 3 is 3.00 bits per heavy atom. The molecule has 2 N–H and O–H groups in total. The highest BCUT2D eigenvalue weighted by atomic mass is 16.6. The van der Waals surface area contributed by atoms with E-state index in [1.54, 1.807) is 13.1 Å². The van der Waals surface area contributed by atoms with Crippen LogP contribution in [0.25, 0.3) is 0 Å². The van der Waals surface area contributed by atoms with Crippen LogP contribution in [0.3, 0.4) is 0 Å². The van der Waals surface area contributed by atoms with Crippen molar-refractivity contribution < 1.29 is 4.92 Å². The first-order valence-corrected chi connectivity index (χ1v) is 4.95. The van der Waals surface area contributed by atoms with Crippen LogP contribution in [0.5, 0.6) is 0 Å². The highest BCUT2D eigenvalue weighted by Gasteiger charge is 2.18. The summed E-state index contributed by atoms with van der Waals surface area (Å²) in [7, 11) is 1.70. The van der Waals surface area contributed by atoms with Crippen LogP contribution in [0.15, 0.2) is 12.1 Å². The normalized spacial score (nSPS) is 13.9. The number of nitro groups is 1. The fraction of sp³-hybridized carbons (Fsp3) is 0.400. The Kier molecular flexibility index (Phi) is 2.45. The van der Waals surface area contributed by atoms with Gasteiger partial charge >= 0.3 is 0 Å². The summed E-state index contributed by atoms with van der Waals surface area (Å²) in [5.41, 5.74) is 2.76. The second-order valence-corrected chi connectivity index (χ2v) is 3.56. The molecule has 0 amide bonds. The maximum atomic E-state index is 10.8. The molecule has 5 heteroatoms. The molecule has 0 fully saturated rings. The summed E-state index contributed by atoms with van der Waals surface area (Å²) in [5, 5.41) is 16.8. The van der Waals surface area contributed by atoms with Crippen molar-refractivity contribution in [1.82, 2.24) is 0 Å². The molecule has 15 heavy (non-hydrogen) atoms. The Balaban J connectivity index is 2.51. The van der Waals surface area contributed by atoms with Gasteiger partial charge in [-0.25, -0.2) is 0 Å². The van der Waals surface area contributed by atoms with Crippen molar-refractivity contribution >= 4 is 17.1 Å². The molecule has 0 atom stereocenters. The third-order valence-corrected chi connectivity index (χ3v) is 2.63. The number of benzene rings is 1. The first-order chi connectivity index (χ1) is 7.22. The molecule has 0 bridgehead atoms. The minimum atomic E-state index is -0.359. The molecule has 80 valence electrons. The first kappa shape index (κ1) is 9.76. The largest absolute Gasteiger partial charge is 0.385 e. The number of nitro benzene ring substituents is 1. The fourth-order valence-electron chi connectivity index (χ4n) is 1.86. The number of anilines is 2. The molecule has 1 heterocycles. The zero-order valence-electron chi connectivity index (χ0n) is 8.54. The predicted molar refractivity (Wildman–Crippen MR) is 59.5 cm³/mol. The Hall–Kier alpha value is -1.78. The standard InChI is InChI=1S/C10H13N3O2/c1-11-9-5-7-3-2-4-12-8(7)6-10(9)13(14)15/h5-6,11-12H,2-4H2,1H3. The van der Waals surface area contributed by atoms with E-state index in [9.17, 15) is 10.1 Å². The minimum absolute atomic E-state index is 0.130. The van der Waals surface area contributed by atoms with Gasteiger partial charge in [0.2, 0.25) is 0 Å². The van der Waals surface area contributed by atoms with E-state index in [1.807, 2.05) is 6.07 Å². The smallest absolute Gasteiger partial charge is 0.294 e. The van der Waals surface area contributed by atoms with E-state index in [1.165, 1.54) is 0 Å². The second kappa shape index (κ2) is 3.76. The number of fused-ring (bicyclic) bond motifs is 1. The van der Waals surface area contributed by atoms with Gasteiger partial charge in [0.1, 0.15) is 5.69 Å². The summed E-state index contributed by atoms with van der Waals surface area (Å²) < 4.78 is 0. The molecular formula is C10H13N3O2. The highest BCUT2D eigenvalue weighted by molar-refractivity contribution is 5.71. The maximum Gasteiger partial charge on any atom is 0.294 e. The van der Waals surface area contributed by atoms with Crippen molar-refractivity contribution in [3.05, 3.63) is 27.8 Å². The SMILES string of the molecule is CNc1cc2c(cc1[N+](=O)[O-])NCCC2. The summed E-state index contributed by atoms with van der Waals surface area (Å²) in [6, 6.07) is 3.47. The van der Waals surface area contributed by atoms with E-state index in [2.05, 4.69) is 10.6 Å². The third kappa shape index (κ3) is 1.72. The Labute approximate surface area is 87.6 Å². The van der Waals surface area contributed by atoms with Crippen molar-refractivity contribution in [3.63, 3.8) is 0 Å². The molecule has 0 spiro atoms. The molecule has 1 aromatic carbocycles. The van der Waals surface area contributed by atoms with Crippen LogP contribution in [0.4, 0.5) is 17.1 Å². The Morgan fingerprint density at radius 2 is 2.33 bits per heavy atom. The lowest BCUT2D eigenvalue weighted by Gasteiger charge is -2.18. The van der Waals surface area contributed by atoms with Gasteiger partial charge in [-0.15, -0.1) is 0 Å². The van der Waals surface area contributed by atoms with Gasteiger partial charge < -0.3 is 10.6 Å². The molecule has 0 aromatic heterocycles. The molecular weight excluding hydrogens is 194 g/mol. The highest BCUT2D eigenvalue weighted by Crippen LogP contribution is 2.33. The lowest BCUT2D eigenvalue weighted by Crippen LogP contribution is -2.12. The summed E-state index contributed by atoms with van der Waals surface area (Å²) >= 11 is 0. The van der Waals surface area contributed by atoms with Gasteiger partial charge in [-0.2, -0.15) is 0 Å². The van der Waals surface area contributed by atoms with Crippen LogP contribution in [-0.4, -0.2) is 18.5 Å². The molecule has 0 saturated carbocycles. The topological polar surface area (TPSA) is 67.2 Å². The molecule has 0 radical (unpaired) electrons. The van der Waals surface area contributed by atoms with Gasteiger partial charge in [-0.1, -0.05) is 0 Å². The molecule has 0 unspecified atom stereocenters. The number of hydrogen-bond donors (Lipinski definition) is 2. The van der Waals surface area contributed by atoms with Crippen molar-refractivity contribution in [2.75, 3.05) is 24.2 Å². The summed E-state index contributed by atoms with van der Waals surface area (Å²) in [4.78, 5) is 10.4. The van der Waals surface area contributed by atoms with Gasteiger partial charge in [0.15, 0.2) is 0 Å². The molecule has 2 rings (SSSR count). The van der Waals surface area contributed by atoms with Crippen LogP contribution in [-0.2, 0) is 6.42 Å². The van der Waals surface area contributed by atoms with E-state index < -0.39 is 0 Å². The molecule has 0 aliphatic carbocycles. The first-order valence-electron chi connectivity index (χ1n) is 4.95. The van der Waals surface area contributed by atoms with Crippen molar-refractivity contribution in [1.29, 1.82) is 0 Å². The Bertz CT molecular complexity index is 404. The summed E-state index contributed by atoms with van der Waals surface area (Å²) in [6.07, 6.45) is 2.06. The van der Waals surface area contributed by atoms with E-state index in [0.29, 0.717) is 5.69 Å². The van der Waals surface area contributed by atoms with Crippen LogP contribution in [0, 0.1) is 10.1 Å². The molecule has 1 aliphatic heterocycles. The fourth-order valence-corrected chi connectivity index (χ4v) is 1.86. The molecule has 1 aliphatic rings. The summed E-state index contributed by atoms with van der Waals surface area (Å²) in [5.74, 6) is 0. The van der Waals surface area contributed by atoms with E-state index in [0.717, 1.165) is 30.6 Å². The number of rotatable bonds is 2. The van der Waals surface area contributed by atoms with Crippen molar-refractivity contribution in [2.45, 2.75) is 12.8 Å². The van der Waals surface area contributed by atoms with Crippen LogP contribution in [0.1, 0.15) is 12.0 Å². The van der Waals surface area contributed by atoms with E-state index in [4.69, 9.17) is 0 Å². The molecule has 0 saturated heterocycles. The minimum Gasteiger partial charge on any atom is -0.385 e. The number of aryl methyl sites for hydroxylation is 1. The zero-order chi connectivity index (χ0) is 10.8. The third-order valence-electron chi connectivity index (χ3n) is 2.63. The monoisotopic (exact) mass is 207 g/mol. The average molecular weight is 207 g/mol. The van der Waals surface area contributed by atoms with Gasteiger partial charge in [-0.05, 0) is 24.5 Å². The number of nitrogens with one attached hydrogen (secondary N) is 2. The van der Waals surface area contributed by atoms with E-state index in [-0.39, 0.29) is 10.6 Å². The summed E-state index contributed by atoms with van der Waals surface area (Å²) in [6.45, 7) is 0.892. The second-order valence-electron chi connectivity index (χ2n) is 3.56. The molecule has 5 nitrogen and oxygen atoms in total. The van der Waals surface area contributed by atoms with Crippen molar-refractivity contribution in [3.8, 4) is 0 Å². The lowest BCUT2D eigenvalue weighted by molar-refractivity contribution is -0.383. The average Bonchev–Trinajstić information content (AvgIpc) is 2.27.